The Balaban J connectivity index is 2.60. The molecule has 16 heavy (non-hydrogen) atoms. The van der Waals surface area contributed by atoms with Crippen LogP contribution in [0.25, 0.3) is 11.1 Å². The highest BCUT2D eigenvalue weighted by molar-refractivity contribution is 6.30. The summed E-state index contributed by atoms with van der Waals surface area (Å²) in [4.78, 5) is 11.0. The third kappa shape index (κ3) is 2.07. The SMILES string of the molecule is O=C(O)c1ccccc1-c1cccc(Cl)c1. The van der Waals surface area contributed by atoms with E-state index < -0.39 is 5.97 Å². The number of carbonyl (C=O) groups is 1. The molecule has 0 saturated heterocycles. The fraction of sp³-hybridized carbons (Fsp3) is 0. The minimum Gasteiger partial charge on any atom is -0.478 e. The summed E-state index contributed by atoms with van der Waals surface area (Å²) in [6.45, 7) is 0. The van der Waals surface area contributed by atoms with Crippen molar-refractivity contribution in [1.29, 1.82) is 0 Å². The highest BCUT2D eigenvalue weighted by Gasteiger charge is 2.10. The Morgan fingerprint density at radius 1 is 1.06 bits per heavy atom. The van der Waals surface area contributed by atoms with Crippen LogP contribution in [0, 0.1) is 0 Å². The van der Waals surface area contributed by atoms with E-state index in [4.69, 9.17) is 16.7 Å². The molecule has 0 fully saturated rings. The number of rotatable bonds is 2. The van der Waals surface area contributed by atoms with Crippen LogP contribution in [0.1, 0.15) is 10.4 Å². The molecule has 1 N–H and O–H groups in total. The van der Waals surface area contributed by atoms with Crippen molar-refractivity contribution in [3.05, 3.63) is 59.1 Å². The molecule has 0 atom stereocenters. The lowest BCUT2D eigenvalue weighted by atomic mass is 10.00. The molecule has 0 saturated carbocycles. The zero-order chi connectivity index (χ0) is 11.5. The smallest absolute Gasteiger partial charge is 0.336 e. The standard InChI is InChI=1S/C13H9ClO2/c14-10-5-3-4-9(8-10)11-6-1-2-7-12(11)13(15)16/h1-8H,(H,15,16). The molecule has 2 rings (SSSR count). The van der Waals surface area contributed by atoms with Crippen LogP contribution in [0.3, 0.4) is 0 Å². The van der Waals surface area contributed by atoms with E-state index in [0.717, 1.165) is 5.56 Å². The lowest BCUT2D eigenvalue weighted by molar-refractivity contribution is 0.0698. The molecule has 0 radical (unpaired) electrons. The van der Waals surface area contributed by atoms with Crippen LogP contribution in [0.15, 0.2) is 48.5 Å². The molecule has 0 aliphatic heterocycles. The van der Waals surface area contributed by atoms with Gasteiger partial charge in [-0.15, -0.1) is 0 Å². The van der Waals surface area contributed by atoms with Crippen LogP contribution in [0.5, 0.6) is 0 Å². The van der Waals surface area contributed by atoms with Crippen molar-refractivity contribution >= 4 is 17.6 Å². The van der Waals surface area contributed by atoms with E-state index in [1.54, 1.807) is 36.4 Å². The Morgan fingerprint density at radius 3 is 2.50 bits per heavy atom. The average molecular weight is 233 g/mol. The first-order valence-electron chi connectivity index (χ1n) is 4.77. The summed E-state index contributed by atoms with van der Waals surface area (Å²) in [6.07, 6.45) is 0. The van der Waals surface area contributed by atoms with E-state index >= 15 is 0 Å². The maximum atomic E-state index is 11.0. The Kier molecular flexibility index (Phi) is 2.93. The summed E-state index contributed by atoms with van der Waals surface area (Å²) in [5.41, 5.74) is 1.77. The second kappa shape index (κ2) is 4.37. The molecule has 0 spiro atoms. The molecule has 0 aromatic heterocycles. The van der Waals surface area contributed by atoms with E-state index in [1.807, 2.05) is 12.1 Å². The molecule has 2 aromatic carbocycles. The van der Waals surface area contributed by atoms with Gasteiger partial charge in [-0.05, 0) is 29.3 Å². The van der Waals surface area contributed by atoms with Gasteiger partial charge in [0.25, 0.3) is 0 Å². The first-order valence-corrected chi connectivity index (χ1v) is 5.14. The van der Waals surface area contributed by atoms with E-state index in [1.165, 1.54) is 0 Å². The lowest BCUT2D eigenvalue weighted by Crippen LogP contribution is -1.98. The van der Waals surface area contributed by atoms with Crippen molar-refractivity contribution in [1.82, 2.24) is 0 Å². The molecule has 0 aliphatic carbocycles. The Bertz CT molecular complexity index is 535. The quantitative estimate of drug-likeness (QED) is 0.857. The zero-order valence-corrected chi connectivity index (χ0v) is 9.11. The summed E-state index contributed by atoms with van der Waals surface area (Å²) in [6, 6.07) is 14.0. The average Bonchev–Trinajstić information content (AvgIpc) is 2.29. The van der Waals surface area contributed by atoms with Crippen LogP contribution in [-0.4, -0.2) is 11.1 Å². The molecule has 0 bridgehead atoms. The second-order valence-electron chi connectivity index (χ2n) is 3.36. The van der Waals surface area contributed by atoms with Crippen molar-refractivity contribution in [2.75, 3.05) is 0 Å². The van der Waals surface area contributed by atoms with Gasteiger partial charge in [0.2, 0.25) is 0 Å². The summed E-state index contributed by atoms with van der Waals surface area (Å²) >= 11 is 5.88. The van der Waals surface area contributed by atoms with E-state index in [0.29, 0.717) is 10.6 Å². The summed E-state index contributed by atoms with van der Waals surface area (Å²) in [5, 5.41) is 9.66. The molecule has 0 aliphatic rings. The van der Waals surface area contributed by atoms with Gasteiger partial charge in [-0.1, -0.05) is 41.9 Å². The maximum absolute atomic E-state index is 11.0. The Morgan fingerprint density at radius 2 is 1.81 bits per heavy atom. The largest absolute Gasteiger partial charge is 0.478 e. The topological polar surface area (TPSA) is 37.3 Å². The number of hydrogen-bond donors (Lipinski definition) is 1. The van der Waals surface area contributed by atoms with Crippen molar-refractivity contribution in [3.8, 4) is 11.1 Å². The summed E-state index contributed by atoms with van der Waals surface area (Å²) < 4.78 is 0. The summed E-state index contributed by atoms with van der Waals surface area (Å²) in [7, 11) is 0. The molecule has 2 aromatic rings. The van der Waals surface area contributed by atoms with Crippen molar-refractivity contribution < 1.29 is 9.90 Å². The van der Waals surface area contributed by atoms with Gasteiger partial charge in [0, 0.05) is 5.02 Å². The molecule has 80 valence electrons. The van der Waals surface area contributed by atoms with Crippen LogP contribution in [0.2, 0.25) is 5.02 Å². The molecule has 0 heterocycles. The number of benzene rings is 2. The molecule has 0 unspecified atom stereocenters. The molecule has 3 heteroatoms. The van der Waals surface area contributed by atoms with E-state index in [-0.39, 0.29) is 5.56 Å². The first-order chi connectivity index (χ1) is 7.68. The van der Waals surface area contributed by atoms with Gasteiger partial charge in [0.1, 0.15) is 0 Å². The number of hydrogen-bond acceptors (Lipinski definition) is 1. The minimum absolute atomic E-state index is 0.282. The fourth-order valence-electron chi connectivity index (χ4n) is 1.58. The monoisotopic (exact) mass is 232 g/mol. The van der Waals surface area contributed by atoms with Gasteiger partial charge in [0.05, 0.1) is 5.56 Å². The summed E-state index contributed by atoms with van der Waals surface area (Å²) in [5.74, 6) is -0.935. The van der Waals surface area contributed by atoms with Gasteiger partial charge in [0.15, 0.2) is 0 Å². The van der Waals surface area contributed by atoms with E-state index in [9.17, 15) is 4.79 Å². The van der Waals surface area contributed by atoms with Crippen LogP contribution < -0.4 is 0 Å². The van der Waals surface area contributed by atoms with Crippen molar-refractivity contribution in [2.45, 2.75) is 0 Å². The van der Waals surface area contributed by atoms with Crippen LogP contribution >= 0.6 is 11.6 Å². The van der Waals surface area contributed by atoms with Gasteiger partial charge >= 0.3 is 5.97 Å². The van der Waals surface area contributed by atoms with Gasteiger partial charge in [-0.2, -0.15) is 0 Å². The second-order valence-corrected chi connectivity index (χ2v) is 3.80. The maximum Gasteiger partial charge on any atom is 0.336 e. The predicted octanol–water partition coefficient (Wildman–Crippen LogP) is 3.71. The molecular formula is C13H9ClO2. The Labute approximate surface area is 98.1 Å². The third-order valence-electron chi connectivity index (χ3n) is 2.29. The predicted molar refractivity (Wildman–Crippen MR) is 63.8 cm³/mol. The fourth-order valence-corrected chi connectivity index (χ4v) is 1.77. The Hall–Kier alpha value is -1.80. The zero-order valence-electron chi connectivity index (χ0n) is 8.35. The molecule has 0 amide bonds. The number of carboxylic acid groups (broad SMARTS) is 1. The van der Waals surface area contributed by atoms with Gasteiger partial charge in [-0.3, -0.25) is 0 Å². The van der Waals surface area contributed by atoms with Gasteiger partial charge < -0.3 is 5.11 Å². The highest BCUT2D eigenvalue weighted by Crippen LogP contribution is 2.25. The molecular weight excluding hydrogens is 224 g/mol. The van der Waals surface area contributed by atoms with Crippen molar-refractivity contribution in [3.63, 3.8) is 0 Å². The first kappa shape index (κ1) is 10.7. The number of carboxylic acids is 1. The molecule has 2 nitrogen and oxygen atoms in total. The lowest BCUT2D eigenvalue weighted by Gasteiger charge is -2.06. The third-order valence-corrected chi connectivity index (χ3v) is 2.53. The van der Waals surface area contributed by atoms with Crippen LogP contribution in [0.4, 0.5) is 0 Å². The normalized spacial score (nSPS) is 10.1. The van der Waals surface area contributed by atoms with Gasteiger partial charge in [-0.25, -0.2) is 4.79 Å². The highest BCUT2D eigenvalue weighted by atomic mass is 35.5. The van der Waals surface area contributed by atoms with E-state index in [2.05, 4.69) is 0 Å². The number of aromatic carboxylic acids is 1. The van der Waals surface area contributed by atoms with Crippen LogP contribution in [-0.2, 0) is 0 Å². The van der Waals surface area contributed by atoms with Crippen molar-refractivity contribution in [2.24, 2.45) is 0 Å². The minimum atomic E-state index is -0.935. The number of halogens is 1.